The molecule has 0 spiro atoms. The standard InChI is InChI=1S/C16H17N5O3/c22-13-7-6-12(18-19-13)16(23)21-8-11(9-21)15-17-14(20-24-15)10-4-2-1-3-5-10/h1-5,11-12,18H,6-9H2,(H,19,22). The van der Waals surface area contributed by atoms with Crippen LogP contribution in [0, 0.1) is 0 Å². The molecular weight excluding hydrogens is 310 g/mol. The van der Waals surface area contributed by atoms with E-state index in [9.17, 15) is 9.59 Å². The van der Waals surface area contributed by atoms with Crippen LogP contribution >= 0.6 is 0 Å². The fraction of sp³-hybridized carbons (Fsp3) is 0.375. The van der Waals surface area contributed by atoms with Gasteiger partial charge in [-0.1, -0.05) is 35.5 Å². The number of hydrogen-bond acceptors (Lipinski definition) is 6. The van der Waals surface area contributed by atoms with Crippen LogP contribution in [0.25, 0.3) is 11.4 Å². The maximum Gasteiger partial charge on any atom is 0.241 e. The lowest BCUT2D eigenvalue weighted by Gasteiger charge is -2.39. The summed E-state index contributed by atoms with van der Waals surface area (Å²) in [5, 5.41) is 4.01. The average molecular weight is 327 g/mol. The normalized spacial score (nSPS) is 21.2. The predicted octanol–water partition coefficient (Wildman–Crippen LogP) is 0.446. The molecule has 3 heterocycles. The summed E-state index contributed by atoms with van der Waals surface area (Å²) in [4.78, 5) is 29.6. The van der Waals surface area contributed by atoms with E-state index < -0.39 is 0 Å². The maximum absolute atomic E-state index is 12.3. The molecule has 1 atom stereocenters. The van der Waals surface area contributed by atoms with Crippen molar-refractivity contribution < 1.29 is 14.1 Å². The number of nitrogens with one attached hydrogen (secondary N) is 2. The summed E-state index contributed by atoms with van der Waals surface area (Å²) in [5.41, 5.74) is 6.16. The van der Waals surface area contributed by atoms with Crippen molar-refractivity contribution in [1.29, 1.82) is 0 Å². The quantitative estimate of drug-likeness (QED) is 0.849. The third-order valence-electron chi connectivity index (χ3n) is 4.36. The zero-order chi connectivity index (χ0) is 16.5. The Labute approximate surface area is 138 Å². The van der Waals surface area contributed by atoms with Gasteiger partial charge in [0.2, 0.25) is 23.5 Å². The van der Waals surface area contributed by atoms with Gasteiger partial charge in [-0.05, 0) is 6.42 Å². The largest absolute Gasteiger partial charge is 0.340 e. The van der Waals surface area contributed by atoms with Crippen LogP contribution in [0.15, 0.2) is 34.9 Å². The predicted molar refractivity (Wildman–Crippen MR) is 83.4 cm³/mol. The molecule has 1 unspecified atom stereocenters. The molecule has 2 saturated heterocycles. The second kappa shape index (κ2) is 6.04. The van der Waals surface area contributed by atoms with Crippen LogP contribution in [0.3, 0.4) is 0 Å². The monoisotopic (exact) mass is 327 g/mol. The first-order chi connectivity index (χ1) is 11.7. The molecule has 2 aromatic rings. The third kappa shape index (κ3) is 2.76. The van der Waals surface area contributed by atoms with Gasteiger partial charge in [-0.3, -0.25) is 15.0 Å². The number of aromatic nitrogens is 2. The molecule has 0 aliphatic carbocycles. The van der Waals surface area contributed by atoms with Gasteiger partial charge >= 0.3 is 0 Å². The van der Waals surface area contributed by atoms with Gasteiger partial charge in [0.05, 0.1) is 5.92 Å². The van der Waals surface area contributed by atoms with Crippen molar-refractivity contribution in [3.8, 4) is 11.4 Å². The van der Waals surface area contributed by atoms with E-state index in [0.717, 1.165) is 5.56 Å². The molecule has 2 fully saturated rings. The first-order valence-electron chi connectivity index (χ1n) is 7.93. The minimum atomic E-state index is -0.355. The van der Waals surface area contributed by atoms with Gasteiger partial charge in [0, 0.05) is 25.1 Å². The van der Waals surface area contributed by atoms with Crippen molar-refractivity contribution in [2.75, 3.05) is 13.1 Å². The molecule has 2 aliphatic heterocycles. The zero-order valence-corrected chi connectivity index (χ0v) is 12.9. The first-order valence-corrected chi connectivity index (χ1v) is 7.93. The first kappa shape index (κ1) is 14.8. The Hall–Kier alpha value is -2.74. The van der Waals surface area contributed by atoms with E-state index in [1.54, 1.807) is 4.90 Å². The topological polar surface area (TPSA) is 100 Å². The summed E-state index contributed by atoms with van der Waals surface area (Å²) >= 11 is 0. The van der Waals surface area contributed by atoms with Crippen molar-refractivity contribution in [3.05, 3.63) is 36.2 Å². The highest BCUT2D eigenvalue weighted by Crippen LogP contribution is 2.28. The van der Waals surface area contributed by atoms with Crippen LogP contribution in [0.5, 0.6) is 0 Å². The molecule has 8 heteroatoms. The summed E-state index contributed by atoms with van der Waals surface area (Å²) in [5.74, 6) is 1.10. The summed E-state index contributed by atoms with van der Waals surface area (Å²) in [6.45, 7) is 1.11. The number of amides is 2. The summed E-state index contributed by atoms with van der Waals surface area (Å²) < 4.78 is 5.34. The number of carbonyl (C=O) groups is 2. The highest BCUT2D eigenvalue weighted by Gasteiger charge is 2.39. The molecule has 8 nitrogen and oxygen atoms in total. The molecule has 1 aromatic carbocycles. The number of carbonyl (C=O) groups excluding carboxylic acids is 2. The molecule has 4 rings (SSSR count). The lowest BCUT2D eigenvalue weighted by molar-refractivity contribution is -0.140. The molecular formula is C16H17N5O3. The molecule has 2 N–H and O–H groups in total. The smallest absolute Gasteiger partial charge is 0.241 e. The van der Waals surface area contributed by atoms with Crippen molar-refractivity contribution >= 4 is 11.8 Å². The van der Waals surface area contributed by atoms with Crippen LogP contribution in [0.2, 0.25) is 0 Å². The van der Waals surface area contributed by atoms with Crippen molar-refractivity contribution in [2.24, 2.45) is 0 Å². The highest BCUT2D eigenvalue weighted by molar-refractivity contribution is 5.86. The lowest BCUT2D eigenvalue weighted by Crippen LogP contribution is -2.60. The second-order valence-corrected chi connectivity index (χ2v) is 6.05. The Kier molecular flexibility index (Phi) is 3.73. The zero-order valence-electron chi connectivity index (χ0n) is 12.9. The number of rotatable bonds is 3. The van der Waals surface area contributed by atoms with Crippen LogP contribution in [0.1, 0.15) is 24.7 Å². The van der Waals surface area contributed by atoms with Crippen molar-refractivity contribution in [3.63, 3.8) is 0 Å². The Balaban J connectivity index is 1.35. The molecule has 2 amide bonds. The fourth-order valence-electron chi connectivity index (χ4n) is 2.90. The summed E-state index contributed by atoms with van der Waals surface area (Å²) in [7, 11) is 0. The van der Waals surface area contributed by atoms with E-state index in [4.69, 9.17) is 4.52 Å². The van der Waals surface area contributed by atoms with E-state index in [1.807, 2.05) is 30.3 Å². The Morgan fingerprint density at radius 3 is 2.75 bits per heavy atom. The number of nitrogens with zero attached hydrogens (tertiary/aromatic N) is 3. The van der Waals surface area contributed by atoms with E-state index in [2.05, 4.69) is 21.0 Å². The Bertz CT molecular complexity index is 744. The van der Waals surface area contributed by atoms with Gasteiger partial charge in [0.15, 0.2) is 0 Å². The van der Waals surface area contributed by atoms with E-state index in [-0.39, 0.29) is 23.8 Å². The molecule has 0 bridgehead atoms. The highest BCUT2D eigenvalue weighted by atomic mass is 16.5. The Morgan fingerprint density at radius 1 is 1.25 bits per heavy atom. The molecule has 2 aliphatic rings. The van der Waals surface area contributed by atoms with E-state index >= 15 is 0 Å². The maximum atomic E-state index is 12.3. The summed E-state index contributed by atoms with van der Waals surface area (Å²) in [6.07, 6.45) is 0.884. The van der Waals surface area contributed by atoms with E-state index in [1.165, 1.54) is 0 Å². The van der Waals surface area contributed by atoms with Crippen LogP contribution in [-0.2, 0) is 9.59 Å². The van der Waals surface area contributed by atoms with Gasteiger partial charge < -0.3 is 9.42 Å². The fourth-order valence-corrected chi connectivity index (χ4v) is 2.90. The minimum absolute atomic E-state index is 0.00551. The summed E-state index contributed by atoms with van der Waals surface area (Å²) in [6, 6.07) is 9.27. The lowest BCUT2D eigenvalue weighted by atomic mass is 9.97. The van der Waals surface area contributed by atoms with Gasteiger partial charge in [0.1, 0.15) is 6.04 Å². The average Bonchev–Trinajstić information content (AvgIpc) is 3.04. The molecule has 0 saturated carbocycles. The third-order valence-corrected chi connectivity index (χ3v) is 4.36. The number of benzene rings is 1. The molecule has 0 radical (unpaired) electrons. The molecule has 24 heavy (non-hydrogen) atoms. The van der Waals surface area contributed by atoms with Gasteiger partial charge in [-0.15, -0.1) is 0 Å². The Morgan fingerprint density at radius 2 is 2.04 bits per heavy atom. The van der Waals surface area contributed by atoms with Gasteiger partial charge in [0.25, 0.3) is 0 Å². The van der Waals surface area contributed by atoms with Gasteiger partial charge in [-0.25, -0.2) is 5.43 Å². The number of hydrazine groups is 1. The minimum Gasteiger partial charge on any atom is -0.340 e. The van der Waals surface area contributed by atoms with Gasteiger partial charge in [-0.2, -0.15) is 4.98 Å². The van der Waals surface area contributed by atoms with E-state index in [0.29, 0.717) is 37.6 Å². The molecule has 1 aromatic heterocycles. The SMILES string of the molecule is O=C1CCC(C(=O)N2CC(c3nc(-c4ccccc4)no3)C2)NN1. The van der Waals surface area contributed by atoms with Crippen molar-refractivity contribution in [1.82, 2.24) is 25.9 Å². The van der Waals surface area contributed by atoms with Crippen LogP contribution in [-0.4, -0.2) is 46.0 Å². The number of likely N-dealkylation sites (tertiary alicyclic amines) is 1. The van der Waals surface area contributed by atoms with Crippen LogP contribution in [0.4, 0.5) is 0 Å². The van der Waals surface area contributed by atoms with Crippen LogP contribution < -0.4 is 10.9 Å². The van der Waals surface area contributed by atoms with Crippen molar-refractivity contribution in [2.45, 2.75) is 24.8 Å². The second-order valence-electron chi connectivity index (χ2n) is 6.05. The number of hydrogen-bond donors (Lipinski definition) is 2. The molecule has 124 valence electrons.